The Bertz CT molecular complexity index is 554. The third-order valence-corrected chi connectivity index (χ3v) is 3.74. The maximum Gasteiger partial charge on any atom is 0.163 e. The predicted molar refractivity (Wildman–Crippen MR) is 71.5 cm³/mol. The van der Waals surface area contributed by atoms with Crippen LogP contribution in [0, 0.1) is 6.92 Å². The van der Waals surface area contributed by atoms with Gasteiger partial charge in [0.25, 0.3) is 0 Å². The van der Waals surface area contributed by atoms with Crippen LogP contribution in [0.1, 0.15) is 37.8 Å². The first-order valence-electron chi connectivity index (χ1n) is 6.66. The highest BCUT2D eigenvalue weighted by atomic mass is 15.3. The number of nitrogens with one attached hydrogen (secondary N) is 1. The number of anilines is 1. The zero-order valence-corrected chi connectivity index (χ0v) is 11.0. The van der Waals surface area contributed by atoms with E-state index in [9.17, 15) is 0 Å². The standard InChI is InChI=1S/C13H19N5/c1-9-11-12(16-10-6-4-3-5-7-10)14-8-15-13(11)18(2)17-9/h8,10H,3-7H2,1-2H3,(H,14,15,16). The van der Waals surface area contributed by atoms with Gasteiger partial charge in [0, 0.05) is 13.1 Å². The average molecular weight is 245 g/mol. The Morgan fingerprint density at radius 2 is 2.00 bits per heavy atom. The lowest BCUT2D eigenvalue weighted by Crippen LogP contribution is -2.23. The van der Waals surface area contributed by atoms with Crippen molar-refractivity contribution in [1.82, 2.24) is 19.7 Å². The largest absolute Gasteiger partial charge is 0.367 e. The van der Waals surface area contributed by atoms with Crippen molar-refractivity contribution in [3.63, 3.8) is 0 Å². The fraction of sp³-hybridized carbons (Fsp3) is 0.615. The molecular weight excluding hydrogens is 226 g/mol. The van der Waals surface area contributed by atoms with E-state index in [2.05, 4.69) is 20.4 Å². The Labute approximate surface area is 107 Å². The van der Waals surface area contributed by atoms with Gasteiger partial charge in [0.1, 0.15) is 12.1 Å². The van der Waals surface area contributed by atoms with Crippen molar-refractivity contribution in [2.75, 3.05) is 5.32 Å². The molecule has 1 aliphatic rings. The first-order chi connectivity index (χ1) is 8.75. The fourth-order valence-corrected chi connectivity index (χ4v) is 2.83. The molecule has 5 nitrogen and oxygen atoms in total. The van der Waals surface area contributed by atoms with Gasteiger partial charge >= 0.3 is 0 Å². The molecule has 5 heteroatoms. The second-order valence-electron chi connectivity index (χ2n) is 5.11. The van der Waals surface area contributed by atoms with Crippen molar-refractivity contribution in [3.05, 3.63) is 12.0 Å². The van der Waals surface area contributed by atoms with Gasteiger partial charge in [0.15, 0.2) is 5.65 Å². The summed E-state index contributed by atoms with van der Waals surface area (Å²) in [6.07, 6.45) is 8.10. The highest BCUT2D eigenvalue weighted by Gasteiger charge is 2.17. The van der Waals surface area contributed by atoms with Gasteiger partial charge in [-0.15, -0.1) is 0 Å². The zero-order chi connectivity index (χ0) is 12.5. The minimum atomic E-state index is 0.552. The lowest BCUT2D eigenvalue weighted by molar-refractivity contribution is 0.462. The highest BCUT2D eigenvalue weighted by molar-refractivity contribution is 5.89. The molecule has 3 rings (SSSR count). The number of hydrogen-bond donors (Lipinski definition) is 1. The smallest absolute Gasteiger partial charge is 0.163 e. The molecule has 0 atom stereocenters. The predicted octanol–water partition coefficient (Wildman–Crippen LogP) is 2.42. The molecular formula is C13H19N5. The molecule has 1 saturated carbocycles. The molecule has 0 bridgehead atoms. The SMILES string of the molecule is Cc1nn(C)c2ncnc(NC3CCCCC3)c12. The molecule has 0 aromatic carbocycles. The van der Waals surface area contributed by atoms with Crippen LogP contribution in [0.4, 0.5) is 5.82 Å². The van der Waals surface area contributed by atoms with Gasteiger partial charge in [-0.1, -0.05) is 19.3 Å². The molecule has 2 heterocycles. The number of nitrogens with zero attached hydrogens (tertiary/aromatic N) is 4. The first kappa shape index (κ1) is 11.4. The Kier molecular flexibility index (Phi) is 2.89. The van der Waals surface area contributed by atoms with E-state index in [0.717, 1.165) is 22.5 Å². The van der Waals surface area contributed by atoms with Crippen LogP contribution in [0.2, 0.25) is 0 Å². The molecule has 1 aliphatic carbocycles. The molecule has 0 spiro atoms. The molecule has 2 aromatic heterocycles. The summed E-state index contributed by atoms with van der Waals surface area (Å²) in [4.78, 5) is 8.70. The van der Waals surface area contributed by atoms with E-state index in [1.54, 1.807) is 6.33 Å². The minimum Gasteiger partial charge on any atom is -0.367 e. The van der Waals surface area contributed by atoms with E-state index in [0.29, 0.717) is 6.04 Å². The Balaban J connectivity index is 1.95. The molecule has 0 aliphatic heterocycles. The third kappa shape index (κ3) is 1.94. The minimum absolute atomic E-state index is 0.552. The van der Waals surface area contributed by atoms with E-state index >= 15 is 0 Å². The summed E-state index contributed by atoms with van der Waals surface area (Å²) in [5.74, 6) is 0.942. The van der Waals surface area contributed by atoms with Crippen molar-refractivity contribution in [2.45, 2.75) is 45.1 Å². The van der Waals surface area contributed by atoms with Gasteiger partial charge in [-0.2, -0.15) is 5.10 Å². The van der Waals surface area contributed by atoms with E-state index in [1.165, 1.54) is 32.1 Å². The maximum atomic E-state index is 4.42. The molecule has 0 unspecified atom stereocenters. The summed E-state index contributed by atoms with van der Waals surface area (Å²) in [5.41, 5.74) is 1.90. The zero-order valence-electron chi connectivity index (χ0n) is 11.0. The topological polar surface area (TPSA) is 55.6 Å². The van der Waals surface area contributed by atoms with Gasteiger partial charge in [-0.3, -0.25) is 4.68 Å². The lowest BCUT2D eigenvalue weighted by Gasteiger charge is -2.23. The van der Waals surface area contributed by atoms with Crippen molar-refractivity contribution >= 4 is 16.9 Å². The molecule has 1 N–H and O–H groups in total. The van der Waals surface area contributed by atoms with Crippen LogP contribution in [0.5, 0.6) is 0 Å². The number of aromatic nitrogens is 4. The van der Waals surface area contributed by atoms with Crippen LogP contribution in [0.15, 0.2) is 6.33 Å². The quantitative estimate of drug-likeness (QED) is 0.882. The summed E-state index contributed by atoms with van der Waals surface area (Å²) in [6.45, 7) is 2.01. The van der Waals surface area contributed by atoms with E-state index in [4.69, 9.17) is 0 Å². The average Bonchev–Trinajstić information content (AvgIpc) is 2.67. The Morgan fingerprint density at radius 3 is 2.78 bits per heavy atom. The second kappa shape index (κ2) is 4.55. The van der Waals surface area contributed by atoms with Crippen LogP contribution in [-0.2, 0) is 7.05 Å². The molecule has 1 fully saturated rings. The van der Waals surface area contributed by atoms with Crippen LogP contribution in [0.25, 0.3) is 11.0 Å². The van der Waals surface area contributed by atoms with Gasteiger partial charge in [0.2, 0.25) is 0 Å². The summed E-state index contributed by atoms with van der Waals surface area (Å²) in [7, 11) is 1.92. The van der Waals surface area contributed by atoms with Crippen molar-refractivity contribution < 1.29 is 0 Å². The number of fused-ring (bicyclic) bond motifs is 1. The molecule has 2 aromatic rings. The monoisotopic (exact) mass is 245 g/mol. The van der Waals surface area contributed by atoms with Crippen LogP contribution in [-0.4, -0.2) is 25.8 Å². The van der Waals surface area contributed by atoms with Gasteiger partial charge in [-0.25, -0.2) is 9.97 Å². The second-order valence-corrected chi connectivity index (χ2v) is 5.11. The molecule has 0 amide bonds. The number of aryl methyl sites for hydroxylation is 2. The normalized spacial score (nSPS) is 17.2. The molecule has 96 valence electrons. The van der Waals surface area contributed by atoms with Crippen molar-refractivity contribution in [1.29, 1.82) is 0 Å². The third-order valence-electron chi connectivity index (χ3n) is 3.74. The molecule has 0 radical (unpaired) electrons. The highest BCUT2D eigenvalue weighted by Crippen LogP contribution is 2.26. The number of hydrogen-bond acceptors (Lipinski definition) is 4. The number of rotatable bonds is 2. The summed E-state index contributed by atoms with van der Waals surface area (Å²) >= 11 is 0. The van der Waals surface area contributed by atoms with Gasteiger partial charge in [0.05, 0.1) is 11.1 Å². The van der Waals surface area contributed by atoms with Crippen molar-refractivity contribution in [2.24, 2.45) is 7.05 Å². The first-order valence-corrected chi connectivity index (χ1v) is 6.66. The summed E-state index contributed by atoms with van der Waals surface area (Å²) in [6, 6.07) is 0.552. The van der Waals surface area contributed by atoms with Gasteiger partial charge < -0.3 is 5.32 Å². The molecule has 0 saturated heterocycles. The van der Waals surface area contributed by atoms with E-state index in [1.807, 2.05) is 18.7 Å². The van der Waals surface area contributed by atoms with E-state index in [-0.39, 0.29) is 0 Å². The fourth-order valence-electron chi connectivity index (χ4n) is 2.83. The maximum absolute atomic E-state index is 4.42. The molecule has 18 heavy (non-hydrogen) atoms. The summed E-state index contributed by atoms with van der Waals surface area (Å²) < 4.78 is 1.82. The lowest BCUT2D eigenvalue weighted by atomic mass is 9.95. The Morgan fingerprint density at radius 1 is 1.22 bits per heavy atom. The van der Waals surface area contributed by atoms with E-state index < -0.39 is 0 Å². The summed E-state index contributed by atoms with van der Waals surface area (Å²) in [5, 5.41) is 9.05. The van der Waals surface area contributed by atoms with Crippen LogP contribution < -0.4 is 5.32 Å². The Hall–Kier alpha value is -1.65. The van der Waals surface area contributed by atoms with Gasteiger partial charge in [-0.05, 0) is 19.8 Å². The van der Waals surface area contributed by atoms with Crippen LogP contribution >= 0.6 is 0 Å². The van der Waals surface area contributed by atoms with Crippen molar-refractivity contribution in [3.8, 4) is 0 Å². The van der Waals surface area contributed by atoms with Crippen LogP contribution in [0.3, 0.4) is 0 Å².